The number of hydrogen-bond donors (Lipinski definition) is 1. The summed E-state index contributed by atoms with van der Waals surface area (Å²) in [5, 5.41) is 4.33. The molecule has 30 heavy (non-hydrogen) atoms. The fraction of sp³-hybridized carbons (Fsp3) is 0.348. The summed E-state index contributed by atoms with van der Waals surface area (Å²) in [4.78, 5) is 14.2. The second kappa shape index (κ2) is 8.75. The Labute approximate surface area is 174 Å². The third-order valence-corrected chi connectivity index (χ3v) is 5.52. The van der Waals surface area contributed by atoms with Gasteiger partial charge in [-0.2, -0.15) is 0 Å². The minimum atomic E-state index is -0.380. The Balaban J connectivity index is 1.41. The number of piperidine rings is 1. The Kier molecular flexibility index (Phi) is 5.90. The van der Waals surface area contributed by atoms with Gasteiger partial charge in [-0.15, -0.1) is 0 Å². The lowest BCUT2D eigenvalue weighted by molar-refractivity contribution is 0.211. The van der Waals surface area contributed by atoms with E-state index in [2.05, 4.69) is 10.2 Å². The fourth-order valence-electron chi connectivity index (χ4n) is 3.91. The lowest BCUT2D eigenvalue weighted by Crippen LogP contribution is -2.38. The van der Waals surface area contributed by atoms with Crippen molar-refractivity contribution in [2.75, 3.05) is 32.6 Å². The number of halogens is 1. The minimum Gasteiger partial charge on any atom is -0.497 e. The minimum absolute atomic E-state index is 0.241. The van der Waals surface area contributed by atoms with Crippen LogP contribution in [0.4, 0.5) is 10.1 Å². The largest absolute Gasteiger partial charge is 0.497 e. The van der Waals surface area contributed by atoms with Crippen molar-refractivity contribution in [3.05, 3.63) is 64.3 Å². The van der Waals surface area contributed by atoms with Crippen LogP contribution < -0.4 is 20.4 Å². The highest BCUT2D eigenvalue weighted by Gasteiger charge is 2.21. The average Bonchev–Trinajstić information content (AvgIpc) is 2.75. The van der Waals surface area contributed by atoms with Gasteiger partial charge in [-0.05, 0) is 48.7 Å². The lowest BCUT2D eigenvalue weighted by atomic mass is 10.0. The maximum absolute atomic E-state index is 13.9. The van der Waals surface area contributed by atoms with Crippen LogP contribution in [0, 0.1) is 5.82 Å². The van der Waals surface area contributed by atoms with Crippen molar-refractivity contribution in [3.8, 4) is 11.5 Å². The van der Waals surface area contributed by atoms with Crippen molar-refractivity contribution in [2.45, 2.75) is 25.4 Å². The van der Waals surface area contributed by atoms with Gasteiger partial charge in [0.05, 0.1) is 19.9 Å². The van der Waals surface area contributed by atoms with Gasteiger partial charge in [-0.3, -0.25) is 4.90 Å². The zero-order valence-electron chi connectivity index (χ0n) is 17.1. The van der Waals surface area contributed by atoms with Gasteiger partial charge < -0.3 is 19.2 Å². The van der Waals surface area contributed by atoms with E-state index in [1.165, 1.54) is 19.2 Å². The van der Waals surface area contributed by atoms with Gasteiger partial charge in [-0.1, -0.05) is 6.07 Å². The Morgan fingerprint density at radius 1 is 1.10 bits per heavy atom. The number of ether oxygens (including phenoxy) is 2. The Hall–Kier alpha value is -3.06. The maximum atomic E-state index is 13.9. The molecule has 0 radical (unpaired) electrons. The molecule has 3 aromatic rings. The van der Waals surface area contributed by atoms with E-state index in [4.69, 9.17) is 13.9 Å². The molecule has 0 spiro atoms. The highest BCUT2D eigenvalue weighted by atomic mass is 19.1. The van der Waals surface area contributed by atoms with Crippen molar-refractivity contribution < 1.29 is 18.3 Å². The highest BCUT2D eigenvalue weighted by molar-refractivity contribution is 5.90. The molecule has 6 nitrogen and oxygen atoms in total. The van der Waals surface area contributed by atoms with Gasteiger partial charge in [0.25, 0.3) is 0 Å². The van der Waals surface area contributed by atoms with Crippen LogP contribution in [0.2, 0.25) is 0 Å². The summed E-state index contributed by atoms with van der Waals surface area (Å²) >= 11 is 0. The van der Waals surface area contributed by atoms with Crippen LogP contribution in [0.25, 0.3) is 11.0 Å². The van der Waals surface area contributed by atoms with E-state index in [0.717, 1.165) is 42.6 Å². The van der Waals surface area contributed by atoms with Crippen molar-refractivity contribution in [3.63, 3.8) is 0 Å². The zero-order chi connectivity index (χ0) is 21.1. The average molecular weight is 412 g/mol. The first kappa shape index (κ1) is 20.2. The number of nitrogens with one attached hydrogen (secondary N) is 1. The number of nitrogens with zero attached hydrogens (tertiary/aromatic N) is 1. The van der Waals surface area contributed by atoms with Crippen LogP contribution in [-0.4, -0.2) is 38.3 Å². The first-order valence-corrected chi connectivity index (χ1v) is 9.99. The van der Waals surface area contributed by atoms with Gasteiger partial charge in [0.1, 0.15) is 11.3 Å². The number of likely N-dealkylation sites (tertiary alicyclic amines) is 1. The first-order chi connectivity index (χ1) is 14.6. The third-order valence-electron chi connectivity index (χ3n) is 5.52. The van der Waals surface area contributed by atoms with Crippen molar-refractivity contribution in [2.24, 2.45) is 0 Å². The Bertz CT molecular complexity index is 1090. The van der Waals surface area contributed by atoms with Gasteiger partial charge in [0, 0.05) is 37.1 Å². The SMILES string of the molecule is COc1ccc2oc(=O)cc(NC3CCN(Cc4ccc(OC)c(F)c4)CC3)c2c1. The summed E-state index contributed by atoms with van der Waals surface area (Å²) < 4.78 is 29.5. The van der Waals surface area contributed by atoms with Crippen LogP contribution in [0.3, 0.4) is 0 Å². The topological polar surface area (TPSA) is 63.9 Å². The predicted molar refractivity (Wildman–Crippen MR) is 114 cm³/mol. The molecule has 0 saturated carbocycles. The van der Waals surface area contributed by atoms with E-state index in [9.17, 15) is 9.18 Å². The molecule has 0 aliphatic carbocycles. The van der Waals surface area contributed by atoms with E-state index in [0.29, 0.717) is 17.9 Å². The highest BCUT2D eigenvalue weighted by Crippen LogP contribution is 2.28. The molecule has 1 N–H and O–H groups in total. The van der Waals surface area contributed by atoms with E-state index in [1.807, 2.05) is 12.1 Å². The fourth-order valence-corrected chi connectivity index (χ4v) is 3.91. The number of benzene rings is 2. The quantitative estimate of drug-likeness (QED) is 0.617. The summed E-state index contributed by atoms with van der Waals surface area (Å²) in [7, 11) is 3.07. The molecule has 1 aliphatic heterocycles. The first-order valence-electron chi connectivity index (χ1n) is 9.99. The third kappa shape index (κ3) is 4.41. The zero-order valence-corrected chi connectivity index (χ0v) is 17.1. The van der Waals surface area contributed by atoms with E-state index >= 15 is 0 Å². The summed E-state index contributed by atoms with van der Waals surface area (Å²) in [5.41, 5.74) is 1.84. The maximum Gasteiger partial charge on any atom is 0.338 e. The molecule has 0 amide bonds. The molecule has 1 aromatic heterocycles. The van der Waals surface area contributed by atoms with Gasteiger partial charge in [0.15, 0.2) is 11.6 Å². The molecular weight excluding hydrogens is 387 g/mol. The molecule has 1 saturated heterocycles. The molecule has 2 heterocycles. The van der Waals surface area contributed by atoms with Crippen molar-refractivity contribution in [1.29, 1.82) is 0 Å². The van der Waals surface area contributed by atoms with Crippen LogP contribution in [-0.2, 0) is 6.54 Å². The molecule has 0 atom stereocenters. The number of hydrogen-bond acceptors (Lipinski definition) is 6. The van der Waals surface area contributed by atoms with E-state index < -0.39 is 0 Å². The van der Waals surface area contributed by atoms with Gasteiger partial charge in [0.2, 0.25) is 0 Å². The van der Waals surface area contributed by atoms with Crippen LogP contribution >= 0.6 is 0 Å². The Morgan fingerprint density at radius 3 is 2.60 bits per heavy atom. The van der Waals surface area contributed by atoms with Crippen LogP contribution in [0.1, 0.15) is 18.4 Å². The monoisotopic (exact) mass is 412 g/mol. The van der Waals surface area contributed by atoms with Crippen LogP contribution in [0.5, 0.6) is 11.5 Å². The van der Waals surface area contributed by atoms with Crippen molar-refractivity contribution in [1.82, 2.24) is 4.90 Å². The van der Waals surface area contributed by atoms with Crippen LogP contribution in [0.15, 0.2) is 51.7 Å². The molecule has 1 fully saturated rings. The summed E-state index contributed by atoms with van der Waals surface area (Å²) in [5.74, 6) is 0.635. The summed E-state index contributed by atoms with van der Waals surface area (Å²) in [6, 6.07) is 12.2. The molecule has 1 aliphatic rings. The van der Waals surface area contributed by atoms with Gasteiger partial charge >= 0.3 is 5.63 Å². The van der Waals surface area contributed by atoms with E-state index in [-0.39, 0.29) is 23.2 Å². The van der Waals surface area contributed by atoms with Gasteiger partial charge in [-0.25, -0.2) is 9.18 Å². The Morgan fingerprint density at radius 2 is 1.90 bits per heavy atom. The number of fused-ring (bicyclic) bond motifs is 1. The summed E-state index contributed by atoms with van der Waals surface area (Å²) in [6.07, 6.45) is 1.84. The summed E-state index contributed by atoms with van der Waals surface area (Å²) in [6.45, 7) is 2.46. The molecule has 0 bridgehead atoms. The second-order valence-corrected chi connectivity index (χ2v) is 7.50. The molecule has 2 aromatic carbocycles. The predicted octanol–water partition coefficient (Wildman–Crippen LogP) is 4.03. The normalized spacial score (nSPS) is 15.3. The second-order valence-electron chi connectivity index (χ2n) is 7.50. The molecule has 7 heteroatoms. The molecule has 0 unspecified atom stereocenters. The van der Waals surface area contributed by atoms with E-state index in [1.54, 1.807) is 25.3 Å². The van der Waals surface area contributed by atoms with Crippen molar-refractivity contribution >= 4 is 16.7 Å². The number of rotatable bonds is 6. The number of methoxy groups -OCH3 is 2. The molecule has 158 valence electrons. The number of anilines is 1. The lowest BCUT2D eigenvalue weighted by Gasteiger charge is -2.33. The smallest absolute Gasteiger partial charge is 0.338 e. The molecule has 4 rings (SSSR count). The standard InChI is InChI=1S/C23H25FN2O4/c1-28-17-4-6-21-18(12-17)20(13-23(27)30-21)25-16-7-9-26(10-8-16)14-15-3-5-22(29-2)19(24)11-15/h3-6,11-13,16,25H,7-10,14H2,1-2H3. The molecular formula is C23H25FN2O4.